The van der Waals surface area contributed by atoms with Crippen molar-refractivity contribution in [1.29, 1.82) is 0 Å². The normalized spacial score (nSPS) is 13.9. The molecule has 2 atom stereocenters. The quantitative estimate of drug-likeness (QED) is 0.448. The molecule has 0 aliphatic carbocycles. The SMILES string of the molecule is CC(Cc1ccc2c(c1)cc(C(=O)O)n2CS(C)(=O)=O)NCC(O)c1cccc(Cl)c1. The first-order valence-corrected chi connectivity index (χ1v) is 12.2. The Morgan fingerprint density at radius 1 is 1.19 bits per heavy atom. The number of benzene rings is 2. The lowest BCUT2D eigenvalue weighted by Gasteiger charge is -2.18. The summed E-state index contributed by atoms with van der Waals surface area (Å²) in [6.45, 7) is 2.35. The summed E-state index contributed by atoms with van der Waals surface area (Å²) in [5.74, 6) is -1.57. The number of carboxylic acids is 1. The van der Waals surface area contributed by atoms with Gasteiger partial charge in [0.1, 0.15) is 11.6 Å². The van der Waals surface area contributed by atoms with Gasteiger partial charge >= 0.3 is 5.97 Å². The molecule has 1 heterocycles. The fraction of sp³-hybridized carbons (Fsp3) is 0.318. The number of fused-ring (bicyclic) bond motifs is 1. The number of aliphatic hydroxyl groups excluding tert-OH is 1. The monoisotopic (exact) mass is 464 g/mol. The van der Waals surface area contributed by atoms with Crippen LogP contribution in [0.25, 0.3) is 10.9 Å². The molecule has 0 fully saturated rings. The van der Waals surface area contributed by atoms with Crippen LogP contribution in [0.3, 0.4) is 0 Å². The molecule has 3 N–H and O–H groups in total. The summed E-state index contributed by atoms with van der Waals surface area (Å²) in [6, 6.07) is 14.1. The van der Waals surface area contributed by atoms with Gasteiger partial charge in [0.05, 0.1) is 6.10 Å². The van der Waals surface area contributed by atoms with E-state index in [4.69, 9.17) is 11.6 Å². The molecule has 7 nitrogen and oxygen atoms in total. The summed E-state index contributed by atoms with van der Waals surface area (Å²) in [4.78, 5) is 11.6. The summed E-state index contributed by atoms with van der Waals surface area (Å²) < 4.78 is 24.8. The van der Waals surface area contributed by atoms with Crippen LogP contribution in [0.1, 0.15) is 34.6 Å². The predicted octanol–water partition coefficient (Wildman–Crippen LogP) is 3.25. The third kappa shape index (κ3) is 6.07. The van der Waals surface area contributed by atoms with Crippen LogP contribution in [0, 0.1) is 0 Å². The zero-order valence-corrected chi connectivity index (χ0v) is 18.8. The van der Waals surface area contributed by atoms with Crippen LogP contribution in [-0.2, 0) is 22.1 Å². The zero-order chi connectivity index (χ0) is 22.8. The van der Waals surface area contributed by atoms with E-state index < -0.39 is 27.8 Å². The van der Waals surface area contributed by atoms with E-state index in [-0.39, 0.29) is 11.7 Å². The summed E-state index contributed by atoms with van der Waals surface area (Å²) in [7, 11) is -3.41. The summed E-state index contributed by atoms with van der Waals surface area (Å²) in [6.07, 6.45) is 1.04. The van der Waals surface area contributed by atoms with Crippen molar-refractivity contribution in [2.45, 2.75) is 31.4 Å². The minimum atomic E-state index is -3.41. The maximum absolute atomic E-state index is 11.7. The Bertz CT molecular complexity index is 1210. The smallest absolute Gasteiger partial charge is 0.352 e. The molecule has 0 aliphatic rings. The van der Waals surface area contributed by atoms with Gasteiger partial charge in [0.15, 0.2) is 9.84 Å². The fourth-order valence-corrected chi connectivity index (χ4v) is 4.51. The minimum Gasteiger partial charge on any atom is -0.477 e. The van der Waals surface area contributed by atoms with Crippen LogP contribution in [0.2, 0.25) is 5.02 Å². The second kappa shape index (κ2) is 9.40. The van der Waals surface area contributed by atoms with E-state index in [1.807, 2.05) is 25.1 Å². The first-order valence-electron chi connectivity index (χ1n) is 9.73. The first kappa shape index (κ1) is 23.3. The van der Waals surface area contributed by atoms with Crippen molar-refractivity contribution in [1.82, 2.24) is 9.88 Å². The number of hydrogen-bond donors (Lipinski definition) is 3. The van der Waals surface area contributed by atoms with Gasteiger partial charge in [-0.15, -0.1) is 0 Å². The van der Waals surface area contributed by atoms with Crippen LogP contribution < -0.4 is 5.32 Å². The van der Waals surface area contributed by atoms with Crippen LogP contribution in [0.5, 0.6) is 0 Å². The summed E-state index contributed by atoms with van der Waals surface area (Å²) >= 11 is 5.97. The van der Waals surface area contributed by atoms with E-state index in [0.717, 1.165) is 17.4 Å². The second-order valence-electron chi connectivity index (χ2n) is 7.80. The Balaban J connectivity index is 1.72. The van der Waals surface area contributed by atoms with Gasteiger partial charge in [-0.05, 0) is 54.8 Å². The minimum absolute atomic E-state index is 0.0448. The van der Waals surface area contributed by atoms with Gasteiger partial charge in [-0.2, -0.15) is 0 Å². The van der Waals surface area contributed by atoms with E-state index >= 15 is 0 Å². The lowest BCUT2D eigenvalue weighted by Crippen LogP contribution is -2.32. The molecule has 2 unspecified atom stereocenters. The summed E-state index contributed by atoms with van der Waals surface area (Å²) in [5, 5.41) is 24.3. The number of sulfone groups is 1. The molecule has 0 aliphatic heterocycles. The lowest BCUT2D eigenvalue weighted by atomic mass is 10.0. The Hall–Kier alpha value is -2.39. The van der Waals surface area contributed by atoms with Gasteiger partial charge in [0.25, 0.3) is 0 Å². The van der Waals surface area contributed by atoms with Crippen LogP contribution in [-0.4, -0.2) is 48.0 Å². The Kier molecular flexibility index (Phi) is 7.06. The molecule has 3 rings (SSSR count). The molecule has 166 valence electrons. The topological polar surface area (TPSA) is 109 Å². The third-order valence-electron chi connectivity index (χ3n) is 4.98. The van der Waals surface area contributed by atoms with E-state index in [1.165, 1.54) is 10.6 Å². The molecule has 31 heavy (non-hydrogen) atoms. The highest BCUT2D eigenvalue weighted by molar-refractivity contribution is 7.89. The fourth-order valence-electron chi connectivity index (χ4n) is 3.57. The number of aromatic nitrogens is 1. The second-order valence-corrected chi connectivity index (χ2v) is 10.3. The Labute approximate surface area is 186 Å². The Morgan fingerprint density at radius 3 is 2.58 bits per heavy atom. The molecule has 0 radical (unpaired) electrons. The van der Waals surface area contributed by atoms with Crippen LogP contribution >= 0.6 is 11.6 Å². The number of nitrogens with one attached hydrogen (secondary N) is 1. The zero-order valence-electron chi connectivity index (χ0n) is 17.2. The number of carboxylic acid groups (broad SMARTS) is 1. The van der Waals surface area contributed by atoms with Crippen LogP contribution in [0.4, 0.5) is 0 Å². The van der Waals surface area contributed by atoms with Crippen molar-refractivity contribution in [3.05, 3.63) is 70.4 Å². The van der Waals surface area contributed by atoms with Crippen molar-refractivity contribution in [2.75, 3.05) is 12.8 Å². The lowest BCUT2D eigenvalue weighted by molar-refractivity contribution is 0.0687. The van der Waals surface area contributed by atoms with E-state index in [9.17, 15) is 23.4 Å². The molecular formula is C22H25ClN2O5S. The van der Waals surface area contributed by atoms with Crippen molar-refractivity contribution in [2.24, 2.45) is 0 Å². The molecule has 0 amide bonds. The maximum atomic E-state index is 11.7. The molecule has 1 aromatic heterocycles. The molecule has 0 bridgehead atoms. The predicted molar refractivity (Wildman–Crippen MR) is 121 cm³/mol. The number of nitrogens with zero attached hydrogens (tertiary/aromatic N) is 1. The first-order chi connectivity index (χ1) is 14.5. The maximum Gasteiger partial charge on any atom is 0.352 e. The largest absolute Gasteiger partial charge is 0.477 e. The molecule has 0 saturated carbocycles. The molecule has 9 heteroatoms. The van der Waals surface area contributed by atoms with Gasteiger partial charge in [0.2, 0.25) is 0 Å². The van der Waals surface area contributed by atoms with Gasteiger partial charge in [-0.3, -0.25) is 0 Å². The molecule has 0 saturated heterocycles. The number of rotatable bonds is 9. The number of aliphatic hydroxyl groups is 1. The number of hydrogen-bond acceptors (Lipinski definition) is 5. The third-order valence-corrected chi connectivity index (χ3v) is 5.95. The van der Waals surface area contributed by atoms with Gasteiger partial charge in [-0.25, -0.2) is 13.2 Å². The van der Waals surface area contributed by atoms with Crippen LogP contribution in [0.15, 0.2) is 48.5 Å². The average molecular weight is 465 g/mol. The molecule has 0 spiro atoms. The van der Waals surface area contributed by atoms with Gasteiger partial charge in [-0.1, -0.05) is 29.8 Å². The average Bonchev–Trinajstić information content (AvgIpc) is 3.02. The highest BCUT2D eigenvalue weighted by atomic mass is 35.5. The summed E-state index contributed by atoms with van der Waals surface area (Å²) in [5.41, 5.74) is 2.21. The molecular weight excluding hydrogens is 440 g/mol. The molecule has 2 aromatic carbocycles. The standard InChI is InChI=1S/C22H25ClN2O5S/c1-14(24-12-21(26)16-4-3-5-18(23)10-16)8-15-6-7-19-17(9-15)11-20(22(27)28)25(19)13-31(2,29)30/h3-7,9-11,14,21,24,26H,8,12-13H2,1-2H3,(H,27,28). The number of carbonyl (C=O) groups is 1. The van der Waals surface area contributed by atoms with Gasteiger partial charge < -0.3 is 20.1 Å². The number of aromatic carboxylic acids is 1. The highest BCUT2D eigenvalue weighted by Gasteiger charge is 2.18. The number of halogens is 1. The highest BCUT2D eigenvalue weighted by Crippen LogP contribution is 2.23. The van der Waals surface area contributed by atoms with Gasteiger partial charge in [0, 0.05) is 34.8 Å². The van der Waals surface area contributed by atoms with Crippen molar-refractivity contribution >= 4 is 38.3 Å². The molecule has 3 aromatic rings. The van der Waals surface area contributed by atoms with E-state index in [0.29, 0.717) is 28.9 Å². The van der Waals surface area contributed by atoms with E-state index in [1.54, 1.807) is 24.3 Å². The van der Waals surface area contributed by atoms with Crippen molar-refractivity contribution in [3.8, 4) is 0 Å². The van der Waals surface area contributed by atoms with Crippen molar-refractivity contribution in [3.63, 3.8) is 0 Å². The van der Waals surface area contributed by atoms with E-state index in [2.05, 4.69) is 5.32 Å². The van der Waals surface area contributed by atoms with Crippen molar-refractivity contribution < 1.29 is 23.4 Å². The Morgan fingerprint density at radius 2 is 1.94 bits per heavy atom.